The number of guanidine groups is 1. The molecule has 3 N–H and O–H groups in total. The molecule has 0 aliphatic carbocycles. The highest BCUT2D eigenvalue weighted by Crippen LogP contribution is 2.31. The summed E-state index contributed by atoms with van der Waals surface area (Å²) in [5.41, 5.74) is 7.89. The van der Waals surface area contributed by atoms with E-state index in [-0.39, 0.29) is 12.0 Å². The van der Waals surface area contributed by atoms with Crippen molar-refractivity contribution in [1.29, 1.82) is 0 Å². The van der Waals surface area contributed by atoms with Gasteiger partial charge in [-0.05, 0) is 25.0 Å². The minimum atomic E-state index is 0.155. The van der Waals surface area contributed by atoms with Gasteiger partial charge in [0.1, 0.15) is 0 Å². The standard InChI is InChI=1S/C10H13N3O/c1-7-6-8-4-2-3-5-9(8)13(7)10(11)12-14/h2-5,7,14H,6H2,1H3,(H2,11,12). The van der Waals surface area contributed by atoms with Crippen molar-refractivity contribution in [2.45, 2.75) is 19.4 Å². The fourth-order valence-electron chi connectivity index (χ4n) is 1.96. The molecule has 0 aromatic heterocycles. The van der Waals surface area contributed by atoms with Crippen LogP contribution in [0.15, 0.2) is 29.4 Å². The number of fused-ring (bicyclic) bond motifs is 1. The normalized spacial score (nSPS) is 21.1. The second-order valence-corrected chi connectivity index (χ2v) is 3.51. The third-order valence-corrected chi connectivity index (χ3v) is 2.56. The van der Waals surface area contributed by atoms with Crippen LogP contribution in [0.3, 0.4) is 0 Å². The summed E-state index contributed by atoms with van der Waals surface area (Å²) < 4.78 is 0. The van der Waals surface area contributed by atoms with E-state index >= 15 is 0 Å². The van der Waals surface area contributed by atoms with Crippen LogP contribution < -0.4 is 10.6 Å². The molecule has 74 valence electrons. The van der Waals surface area contributed by atoms with Gasteiger partial charge >= 0.3 is 0 Å². The van der Waals surface area contributed by atoms with Crippen molar-refractivity contribution in [3.05, 3.63) is 29.8 Å². The first-order valence-electron chi connectivity index (χ1n) is 4.58. The molecule has 0 saturated heterocycles. The Hall–Kier alpha value is -1.71. The molecule has 1 unspecified atom stereocenters. The van der Waals surface area contributed by atoms with Crippen molar-refractivity contribution in [2.75, 3.05) is 4.90 Å². The highest BCUT2D eigenvalue weighted by molar-refractivity contribution is 5.97. The molecule has 1 atom stereocenters. The van der Waals surface area contributed by atoms with Crippen molar-refractivity contribution < 1.29 is 5.21 Å². The monoisotopic (exact) mass is 191 g/mol. The van der Waals surface area contributed by atoms with Crippen molar-refractivity contribution in [3.63, 3.8) is 0 Å². The Morgan fingerprint density at radius 1 is 1.57 bits per heavy atom. The Morgan fingerprint density at radius 2 is 2.29 bits per heavy atom. The van der Waals surface area contributed by atoms with Crippen LogP contribution >= 0.6 is 0 Å². The molecule has 1 aliphatic rings. The molecular formula is C10H13N3O. The molecule has 4 nitrogen and oxygen atoms in total. The van der Waals surface area contributed by atoms with Gasteiger partial charge in [-0.2, -0.15) is 0 Å². The summed E-state index contributed by atoms with van der Waals surface area (Å²) in [6, 6.07) is 8.26. The number of benzene rings is 1. The lowest BCUT2D eigenvalue weighted by molar-refractivity contribution is 0.316. The molecule has 0 fully saturated rings. The average molecular weight is 191 g/mol. The van der Waals surface area contributed by atoms with E-state index in [9.17, 15) is 0 Å². The third-order valence-electron chi connectivity index (χ3n) is 2.56. The predicted octanol–water partition coefficient (Wildman–Crippen LogP) is 1.14. The molecule has 1 aliphatic heterocycles. The topological polar surface area (TPSA) is 61.8 Å². The first kappa shape index (κ1) is 8.87. The Labute approximate surface area is 82.6 Å². The van der Waals surface area contributed by atoms with Crippen LogP contribution in [0.2, 0.25) is 0 Å². The first-order valence-corrected chi connectivity index (χ1v) is 4.58. The first-order chi connectivity index (χ1) is 6.74. The summed E-state index contributed by atoms with van der Waals surface area (Å²) in [6.07, 6.45) is 0.937. The minimum absolute atomic E-state index is 0.155. The predicted molar refractivity (Wildman–Crippen MR) is 55.5 cm³/mol. The minimum Gasteiger partial charge on any atom is -0.408 e. The lowest BCUT2D eigenvalue weighted by Gasteiger charge is -2.22. The number of nitrogens with two attached hydrogens (primary N) is 1. The van der Waals surface area contributed by atoms with E-state index in [1.807, 2.05) is 23.1 Å². The summed E-state index contributed by atoms with van der Waals surface area (Å²) >= 11 is 0. The molecule has 0 bridgehead atoms. The van der Waals surface area contributed by atoms with Gasteiger partial charge in [0.05, 0.1) is 0 Å². The Morgan fingerprint density at radius 3 is 3.00 bits per heavy atom. The van der Waals surface area contributed by atoms with Gasteiger partial charge in [0.2, 0.25) is 5.96 Å². The number of hydrogen-bond acceptors (Lipinski definition) is 2. The fourth-order valence-corrected chi connectivity index (χ4v) is 1.96. The zero-order chi connectivity index (χ0) is 10.1. The van der Waals surface area contributed by atoms with Gasteiger partial charge in [0.15, 0.2) is 0 Å². The largest absolute Gasteiger partial charge is 0.408 e. The molecule has 0 radical (unpaired) electrons. The van der Waals surface area contributed by atoms with Gasteiger partial charge in [-0.3, -0.25) is 0 Å². The van der Waals surface area contributed by atoms with Gasteiger partial charge in [-0.15, -0.1) is 0 Å². The van der Waals surface area contributed by atoms with Crippen molar-refractivity contribution in [1.82, 2.24) is 0 Å². The molecule has 0 saturated carbocycles. The molecule has 14 heavy (non-hydrogen) atoms. The zero-order valence-electron chi connectivity index (χ0n) is 8.01. The molecule has 4 heteroatoms. The van der Waals surface area contributed by atoms with Crippen molar-refractivity contribution >= 4 is 11.6 Å². The number of oxime groups is 1. The number of nitrogens with zero attached hydrogens (tertiary/aromatic N) is 2. The molecular weight excluding hydrogens is 178 g/mol. The second-order valence-electron chi connectivity index (χ2n) is 3.51. The second kappa shape index (κ2) is 3.21. The summed E-state index contributed by atoms with van der Waals surface area (Å²) in [4.78, 5) is 1.84. The van der Waals surface area contributed by atoms with Gasteiger partial charge in [0.25, 0.3) is 0 Å². The maximum Gasteiger partial charge on any atom is 0.238 e. The quantitative estimate of drug-likeness (QED) is 0.280. The lowest BCUT2D eigenvalue weighted by atomic mass is 10.1. The van der Waals surface area contributed by atoms with Crippen LogP contribution in [-0.2, 0) is 6.42 Å². The number of hydrogen-bond donors (Lipinski definition) is 2. The maximum atomic E-state index is 8.66. The Balaban J connectivity index is 2.44. The molecule has 1 aromatic rings. The smallest absolute Gasteiger partial charge is 0.238 e. The molecule has 0 spiro atoms. The van der Waals surface area contributed by atoms with Crippen LogP contribution in [0.1, 0.15) is 12.5 Å². The molecule has 1 aromatic carbocycles. The SMILES string of the molecule is CC1Cc2ccccc2N1C(N)=NO. The van der Waals surface area contributed by atoms with E-state index in [1.54, 1.807) is 0 Å². The summed E-state index contributed by atoms with van der Waals surface area (Å²) in [5.74, 6) is 0.155. The van der Waals surface area contributed by atoms with Crippen LogP contribution in [0.4, 0.5) is 5.69 Å². The van der Waals surface area contributed by atoms with E-state index in [0.29, 0.717) is 0 Å². The number of anilines is 1. The van der Waals surface area contributed by atoms with Gasteiger partial charge in [-0.1, -0.05) is 23.4 Å². The van der Waals surface area contributed by atoms with E-state index < -0.39 is 0 Å². The maximum absolute atomic E-state index is 8.66. The van der Waals surface area contributed by atoms with Crippen LogP contribution in [0.25, 0.3) is 0 Å². The molecule has 1 heterocycles. The highest BCUT2D eigenvalue weighted by atomic mass is 16.4. The van der Waals surface area contributed by atoms with E-state index in [0.717, 1.165) is 12.1 Å². The van der Waals surface area contributed by atoms with E-state index in [4.69, 9.17) is 10.9 Å². The summed E-state index contributed by atoms with van der Waals surface area (Å²) in [6.45, 7) is 2.05. The van der Waals surface area contributed by atoms with Crippen molar-refractivity contribution in [3.8, 4) is 0 Å². The van der Waals surface area contributed by atoms with Crippen molar-refractivity contribution in [2.24, 2.45) is 10.9 Å². The molecule has 0 amide bonds. The average Bonchev–Trinajstić information content (AvgIpc) is 2.53. The number of rotatable bonds is 0. The summed E-state index contributed by atoms with van der Waals surface area (Å²) in [7, 11) is 0. The van der Waals surface area contributed by atoms with E-state index in [1.165, 1.54) is 5.56 Å². The molecule has 2 rings (SSSR count). The van der Waals surface area contributed by atoms with E-state index in [2.05, 4.69) is 18.1 Å². The van der Waals surface area contributed by atoms with Crippen LogP contribution in [-0.4, -0.2) is 17.2 Å². The van der Waals surface area contributed by atoms with Gasteiger partial charge in [0, 0.05) is 11.7 Å². The zero-order valence-corrected chi connectivity index (χ0v) is 8.01. The third kappa shape index (κ3) is 1.19. The Kier molecular flexibility index (Phi) is 2.04. The Bertz CT molecular complexity index is 375. The van der Waals surface area contributed by atoms with Crippen LogP contribution in [0, 0.1) is 0 Å². The summed E-state index contributed by atoms with van der Waals surface area (Å²) in [5, 5.41) is 11.7. The number of para-hydroxylation sites is 1. The van der Waals surface area contributed by atoms with Crippen LogP contribution in [0.5, 0.6) is 0 Å². The van der Waals surface area contributed by atoms with Gasteiger partial charge in [-0.25, -0.2) is 0 Å². The highest BCUT2D eigenvalue weighted by Gasteiger charge is 2.27. The lowest BCUT2D eigenvalue weighted by Crippen LogP contribution is -2.41. The van der Waals surface area contributed by atoms with Gasteiger partial charge < -0.3 is 15.8 Å². The fraction of sp³-hybridized carbons (Fsp3) is 0.300.